The van der Waals surface area contributed by atoms with Gasteiger partial charge in [-0.2, -0.15) is 0 Å². The summed E-state index contributed by atoms with van der Waals surface area (Å²) < 4.78 is 11.4. The van der Waals surface area contributed by atoms with Gasteiger partial charge >= 0.3 is 0 Å². The number of aliphatic imine (C=N–C) groups is 1. The molecule has 3 atom stereocenters. The maximum Gasteiger partial charge on any atom is 0.188 e. The van der Waals surface area contributed by atoms with Gasteiger partial charge in [-0.25, -0.2) is 0 Å². The third-order valence-corrected chi connectivity index (χ3v) is 6.61. The van der Waals surface area contributed by atoms with Crippen molar-refractivity contribution in [2.24, 2.45) is 22.1 Å². The van der Waals surface area contributed by atoms with Gasteiger partial charge in [-0.3, -0.25) is 9.89 Å². The van der Waals surface area contributed by atoms with Gasteiger partial charge in [-0.15, -0.1) is 0 Å². The summed E-state index contributed by atoms with van der Waals surface area (Å²) in [6, 6.07) is 0.482. The van der Waals surface area contributed by atoms with Crippen LogP contribution in [0.25, 0.3) is 0 Å². The van der Waals surface area contributed by atoms with Crippen LogP contribution in [0.15, 0.2) is 4.99 Å². The summed E-state index contributed by atoms with van der Waals surface area (Å²) in [4.78, 5) is 7.03. The van der Waals surface area contributed by atoms with E-state index in [2.05, 4.69) is 15.2 Å². The summed E-state index contributed by atoms with van der Waals surface area (Å²) in [6.07, 6.45) is 7.96. The van der Waals surface area contributed by atoms with Crippen molar-refractivity contribution in [2.45, 2.75) is 50.7 Å². The molecule has 0 aromatic carbocycles. The monoisotopic (exact) mass is 336 g/mol. The zero-order valence-electron chi connectivity index (χ0n) is 14.7. The molecule has 4 fully saturated rings. The fourth-order valence-corrected chi connectivity index (χ4v) is 5.43. The van der Waals surface area contributed by atoms with Gasteiger partial charge in [-0.05, 0) is 25.7 Å². The second-order valence-corrected chi connectivity index (χ2v) is 7.88. The number of ether oxygens (including phenoxy) is 2. The van der Waals surface area contributed by atoms with Gasteiger partial charge in [0.25, 0.3) is 0 Å². The van der Waals surface area contributed by atoms with Crippen molar-refractivity contribution >= 4 is 5.96 Å². The van der Waals surface area contributed by atoms with Crippen LogP contribution in [0, 0.1) is 11.3 Å². The van der Waals surface area contributed by atoms with E-state index < -0.39 is 0 Å². The lowest BCUT2D eigenvalue weighted by Crippen LogP contribution is -2.69. The van der Waals surface area contributed by atoms with E-state index in [-0.39, 0.29) is 0 Å². The number of guanidine groups is 1. The molecule has 2 aliphatic heterocycles. The molecule has 0 bridgehead atoms. The molecule has 3 N–H and O–H groups in total. The molecule has 136 valence electrons. The van der Waals surface area contributed by atoms with Crippen molar-refractivity contribution in [3.63, 3.8) is 0 Å². The number of nitrogens with one attached hydrogen (secondary N) is 1. The predicted molar refractivity (Wildman–Crippen MR) is 94.0 cm³/mol. The third-order valence-electron chi connectivity index (χ3n) is 6.61. The molecular weight excluding hydrogens is 304 g/mol. The zero-order valence-corrected chi connectivity index (χ0v) is 14.7. The molecule has 0 amide bonds. The second kappa shape index (κ2) is 7.18. The molecule has 0 radical (unpaired) electrons. The van der Waals surface area contributed by atoms with Crippen molar-refractivity contribution in [1.82, 2.24) is 10.2 Å². The number of hydrogen-bond donors (Lipinski definition) is 2. The van der Waals surface area contributed by atoms with Crippen molar-refractivity contribution in [2.75, 3.05) is 46.0 Å². The highest BCUT2D eigenvalue weighted by Gasteiger charge is 2.65. The summed E-state index contributed by atoms with van der Waals surface area (Å²) in [5.74, 6) is 1.28. The van der Waals surface area contributed by atoms with Crippen molar-refractivity contribution in [3.05, 3.63) is 0 Å². The highest BCUT2D eigenvalue weighted by Crippen LogP contribution is 2.60. The van der Waals surface area contributed by atoms with Crippen LogP contribution < -0.4 is 11.1 Å². The van der Waals surface area contributed by atoms with E-state index in [0.29, 0.717) is 29.4 Å². The van der Waals surface area contributed by atoms with E-state index in [1.807, 2.05) is 0 Å². The maximum absolute atomic E-state index is 6.20. The largest absolute Gasteiger partial charge is 0.379 e. The average molecular weight is 336 g/mol. The molecule has 0 aromatic heterocycles. The van der Waals surface area contributed by atoms with Crippen LogP contribution in [-0.2, 0) is 9.47 Å². The normalized spacial score (nSPS) is 35.8. The predicted octanol–water partition coefficient (Wildman–Crippen LogP) is 0.961. The van der Waals surface area contributed by atoms with Gasteiger partial charge in [0.15, 0.2) is 5.96 Å². The van der Waals surface area contributed by atoms with Gasteiger partial charge in [0.1, 0.15) is 0 Å². The minimum Gasteiger partial charge on any atom is -0.379 e. The number of nitrogens with two attached hydrogens (primary N) is 1. The first kappa shape index (κ1) is 16.6. The molecule has 2 heterocycles. The van der Waals surface area contributed by atoms with E-state index in [4.69, 9.17) is 15.2 Å². The summed E-state index contributed by atoms with van der Waals surface area (Å²) in [5, 5.41) is 3.57. The SMILES string of the molecule is NC(=NCCCN1CCOCC1)NC1C2CCOC2C12CCCC2. The zero-order chi connectivity index (χ0) is 16.4. The van der Waals surface area contributed by atoms with E-state index in [0.717, 1.165) is 52.4 Å². The van der Waals surface area contributed by atoms with E-state index >= 15 is 0 Å². The lowest BCUT2D eigenvalue weighted by atomic mass is 9.54. The highest BCUT2D eigenvalue weighted by atomic mass is 16.5. The fourth-order valence-electron chi connectivity index (χ4n) is 5.43. The number of hydrogen-bond acceptors (Lipinski definition) is 4. The maximum atomic E-state index is 6.20. The number of rotatable bonds is 5. The molecule has 0 aromatic rings. The first-order valence-electron chi connectivity index (χ1n) is 9.78. The average Bonchev–Trinajstić information content (AvgIpc) is 3.26. The fraction of sp³-hybridized carbons (Fsp3) is 0.944. The Hall–Kier alpha value is -0.850. The molecule has 4 rings (SSSR count). The Morgan fingerprint density at radius 3 is 2.79 bits per heavy atom. The Bertz CT molecular complexity index is 458. The van der Waals surface area contributed by atoms with E-state index in [9.17, 15) is 0 Å². The lowest BCUT2D eigenvalue weighted by Gasteiger charge is -2.57. The molecular formula is C18H32N4O2. The van der Waals surface area contributed by atoms with Gasteiger partial charge in [0.05, 0.1) is 19.3 Å². The first-order valence-corrected chi connectivity index (χ1v) is 9.78. The molecule has 1 spiro atoms. The Kier molecular flexibility index (Phi) is 4.97. The molecule has 3 unspecified atom stereocenters. The van der Waals surface area contributed by atoms with Crippen LogP contribution >= 0.6 is 0 Å². The topological polar surface area (TPSA) is 72.1 Å². The summed E-state index contributed by atoms with van der Waals surface area (Å²) in [5.41, 5.74) is 6.54. The molecule has 2 saturated carbocycles. The van der Waals surface area contributed by atoms with Gasteiger partial charge < -0.3 is 20.5 Å². The standard InChI is InChI=1S/C18H32N4O2/c19-17(20-7-3-8-22-9-12-23-13-10-22)21-15-14-4-11-24-16(14)18(15)5-1-2-6-18/h14-16H,1-13H2,(H3,19,20,21). The van der Waals surface area contributed by atoms with Crippen molar-refractivity contribution in [1.29, 1.82) is 0 Å². The lowest BCUT2D eigenvalue weighted by molar-refractivity contribution is -0.124. The van der Waals surface area contributed by atoms with Crippen LogP contribution in [0.2, 0.25) is 0 Å². The van der Waals surface area contributed by atoms with Crippen molar-refractivity contribution < 1.29 is 9.47 Å². The molecule has 6 nitrogen and oxygen atoms in total. The minimum atomic E-state index is 0.342. The number of fused-ring (bicyclic) bond motifs is 2. The van der Waals surface area contributed by atoms with E-state index in [1.54, 1.807) is 0 Å². The Balaban J connectivity index is 1.25. The number of nitrogens with zero attached hydrogens (tertiary/aromatic N) is 2. The summed E-state index contributed by atoms with van der Waals surface area (Å²) in [7, 11) is 0. The van der Waals surface area contributed by atoms with Crippen LogP contribution in [-0.4, -0.2) is 69.0 Å². The van der Waals surface area contributed by atoms with Crippen LogP contribution in [0.5, 0.6) is 0 Å². The second-order valence-electron chi connectivity index (χ2n) is 7.88. The third kappa shape index (κ3) is 3.04. The van der Waals surface area contributed by atoms with E-state index in [1.165, 1.54) is 32.1 Å². The summed E-state index contributed by atoms with van der Waals surface area (Å²) >= 11 is 0. The minimum absolute atomic E-state index is 0.342. The number of morpholine rings is 1. The highest BCUT2D eigenvalue weighted by molar-refractivity contribution is 5.78. The van der Waals surface area contributed by atoms with Gasteiger partial charge in [0.2, 0.25) is 0 Å². The Morgan fingerprint density at radius 2 is 2.00 bits per heavy atom. The Morgan fingerprint density at radius 1 is 1.21 bits per heavy atom. The molecule has 2 saturated heterocycles. The molecule has 24 heavy (non-hydrogen) atoms. The Labute approximate surface area is 145 Å². The van der Waals surface area contributed by atoms with Crippen LogP contribution in [0.1, 0.15) is 38.5 Å². The molecule has 2 aliphatic carbocycles. The summed E-state index contributed by atoms with van der Waals surface area (Å²) in [6.45, 7) is 6.64. The first-order chi connectivity index (χ1) is 11.8. The molecule has 6 heteroatoms. The van der Waals surface area contributed by atoms with Gasteiger partial charge in [0, 0.05) is 50.2 Å². The van der Waals surface area contributed by atoms with Crippen molar-refractivity contribution in [3.8, 4) is 0 Å². The quantitative estimate of drug-likeness (QED) is 0.444. The van der Waals surface area contributed by atoms with Crippen LogP contribution in [0.3, 0.4) is 0 Å². The smallest absolute Gasteiger partial charge is 0.188 e. The molecule has 4 aliphatic rings. The van der Waals surface area contributed by atoms with Crippen LogP contribution in [0.4, 0.5) is 0 Å². The van der Waals surface area contributed by atoms with Gasteiger partial charge in [-0.1, -0.05) is 12.8 Å².